The lowest BCUT2D eigenvalue weighted by Crippen LogP contribution is -2.20. The van der Waals surface area contributed by atoms with Gasteiger partial charge in [0.2, 0.25) is 0 Å². The van der Waals surface area contributed by atoms with Gasteiger partial charge in [-0.25, -0.2) is 0 Å². The first-order chi connectivity index (χ1) is 5.34. The molecule has 2 nitrogen and oxygen atoms in total. The predicted molar refractivity (Wildman–Crippen MR) is 45.7 cm³/mol. The van der Waals surface area contributed by atoms with Crippen molar-refractivity contribution in [3.05, 3.63) is 0 Å². The Kier molecular flexibility index (Phi) is 3.63. The molecule has 0 N–H and O–H groups in total. The first-order valence-electron chi connectivity index (χ1n) is 3.88. The third-order valence-corrected chi connectivity index (χ3v) is 3.12. The molecule has 1 fully saturated rings. The number of thioether (sulfide) groups is 1. The van der Waals surface area contributed by atoms with Gasteiger partial charge < -0.3 is 4.79 Å². The van der Waals surface area contributed by atoms with Crippen LogP contribution in [-0.2, 0) is 9.59 Å². The molecule has 1 heterocycles. The number of ketones is 1. The lowest BCUT2D eigenvalue weighted by atomic mass is 9.99. The summed E-state index contributed by atoms with van der Waals surface area (Å²) in [6.45, 7) is 0. The van der Waals surface area contributed by atoms with Crippen molar-refractivity contribution in [1.82, 2.24) is 0 Å². The molecule has 0 saturated carbocycles. The van der Waals surface area contributed by atoms with Gasteiger partial charge in [0, 0.05) is 11.7 Å². The molecular weight excluding hydrogens is 160 g/mol. The van der Waals surface area contributed by atoms with Gasteiger partial charge in [0.25, 0.3) is 0 Å². The summed E-state index contributed by atoms with van der Waals surface area (Å²) in [5, 5.41) is 0. The van der Waals surface area contributed by atoms with Gasteiger partial charge in [-0.2, -0.15) is 11.8 Å². The summed E-state index contributed by atoms with van der Waals surface area (Å²) in [6.07, 6.45) is 2.94. The van der Waals surface area contributed by atoms with Gasteiger partial charge in [0.1, 0.15) is 12.1 Å². The Morgan fingerprint density at radius 2 is 2.45 bits per heavy atom. The summed E-state index contributed by atoms with van der Waals surface area (Å²) in [5.74, 6) is 2.39. The molecule has 0 radical (unpaired) electrons. The average molecular weight is 172 g/mol. The second kappa shape index (κ2) is 4.54. The van der Waals surface area contributed by atoms with Crippen LogP contribution in [0.2, 0.25) is 0 Å². The quantitative estimate of drug-likeness (QED) is 0.475. The van der Waals surface area contributed by atoms with Crippen molar-refractivity contribution in [1.29, 1.82) is 0 Å². The van der Waals surface area contributed by atoms with Crippen LogP contribution in [0.5, 0.6) is 0 Å². The predicted octanol–water partition coefficient (Wildman–Crippen LogP) is 1.29. The monoisotopic (exact) mass is 172 g/mol. The van der Waals surface area contributed by atoms with Gasteiger partial charge in [-0.3, -0.25) is 4.79 Å². The molecule has 1 atom stereocenters. The van der Waals surface area contributed by atoms with E-state index in [2.05, 4.69) is 0 Å². The lowest BCUT2D eigenvalue weighted by Gasteiger charge is -2.18. The molecule has 0 aromatic rings. The first kappa shape index (κ1) is 8.78. The van der Waals surface area contributed by atoms with Crippen LogP contribution in [0.25, 0.3) is 0 Å². The topological polar surface area (TPSA) is 34.1 Å². The van der Waals surface area contributed by atoms with E-state index in [9.17, 15) is 9.59 Å². The van der Waals surface area contributed by atoms with E-state index in [0.29, 0.717) is 6.29 Å². The molecule has 0 aromatic heterocycles. The highest BCUT2D eigenvalue weighted by molar-refractivity contribution is 7.99. The smallest absolute Gasteiger partial charge is 0.143 e. The van der Waals surface area contributed by atoms with Crippen LogP contribution >= 0.6 is 11.8 Å². The highest BCUT2D eigenvalue weighted by atomic mass is 32.2. The summed E-state index contributed by atoms with van der Waals surface area (Å²) in [6, 6.07) is 0. The number of rotatable bonds is 3. The molecule has 1 saturated heterocycles. The zero-order valence-electron chi connectivity index (χ0n) is 6.41. The van der Waals surface area contributed by atoms with E-state index in [-0.39, 0.29) is 18.1 Å². The maximum Gasteiger partial charge on any atom is 0.143 e. The van der Waals surface area contributed by atoms with E-state index < -0.39 is 0 Å². The van der Waals surface area contributed by atoms with Gasteiger partial charge in [0.15, 0.2) is 0 Å². The standard InChI is InChI=1S/C8H12O2S/c9-4-3-8(10)7-2-1-5-11-6-7/h4,7H,1-3,5-6H2. The van der Waals surface area contributed by atoms with Gasteiger partial charge in [-0.15, -0.1) is 0 Å². The van der Waals surface area contributed by atoms with E-state index in [1.807, 2.05) is 11.8 Å². The maximum absolute atomic E-state index is 11.2. The molecular formula is C8H12O2S. The fourth-order valence-electron chi connectivity index (χ4n) is 1.24. The number of hydrogen-bond donors (Lipinski definition) is 0. The van der Waals surface area contributed by atoms with E-state index >= 15 is 0 Å². The van der Waals surface area contributed by atoms with E-state index in [4.69, 9.17) is 0 Å². The Morgan fingerprint density at radius 1 is 1.64 bits per heavy atom. The van der Waals surface area contributed by atoms with Crippen molar-refractivity contribution < 1.29 is 9.59 Å². The Balaban J connectivity index is 2.32. The molecule has 1 aliphatic heterocycles. The fourth-order valence-corrected chi connectivity index (χ4v) is 2.42. The molecule has 0 bridgehead atoms. The minimum Gasteiger partial charge on any atom is -0.303 e. The van der Waals surface area contributed by atoms with Crippen molar-refractivity contribution >= 4 is 23.8 Å². The highest BCUT2D eigenvalue weighted by Gasteiger charge is 2.20. The second-order valence-electron chi connectivity index (χ2n) is 2.75. The normalized spacial score (nSPS) is 24.5. The van der Waals surface area contributed by atoms with Gasteiger partial charge in [-0.1, -0.05) is 0 Å². The average Bonchev–Trinajstić information content (AvgIpc) is 2.07. The minimum atomic E-state index is 0.116. The Labute approximate surface area is 70.7 Å². The zero-order chi connectivity index (χ0) is 8.10. The van der Waals surface area contributed by atoms with Crippen molar-refractivity contribution in [3.8, 4) is 0 Å². The third-order valence-electron chi connectivity index (χ3n) is 1.90. The molecule has 11 heavy (non-hydrogen) atoms. The molecule has 1 unspecified atom stereocenters. The van der Waals surface area contributed by atoms with Crippen LogP contribution in [-0.4, -0.2) is 23.6 Å². The Morgan fingerprint density at radius 3 is 3.00 bits per heavy atom. The van der Waals surface area contributed by atoms with E-state index in [1.165, 1.54) is 5.75 Å². The number of carbonyl (C=O) groups is 2. The zero-order valence-corrected chi connectivity index (χ0v) is 7.23. The van der Waals surface area contributed by atoms with Crippen LogP contribution in [0, 0.1) is 5.92 Å². The third kappa shape index (κ3) is 2.66. The van der Waals surface area contributed by atoms with E-state index in [0.717, 1.165) is 18.6 Å². The maximum atomic E-state index is 11.2. The number of Topliss-reactive ketones (excluding diaryl/α,β-unsaturated/α-hetero) is 1. The first-order valence-corrected chi connectivity index (χ1v) is 5.04. The van der Waals surface area contributed by atoms with Crippen molar-refractivity contribution in [2.45, 2.75) is 19.3 Å². The van der Waals surface area contributed by atoms with Crippen molar-refractivity contribution in [3.63, 3.8) is 0 Å². The van der Waals surface area contributed by atoms with Gasteiger partial charge in [0.05, 0.1) is 6.42 Å². The number of carbonyl (C=O) groups excluding carboxylic acids is 2. The fraction of sp³-hybridized carbons (Fsp3) is 0.750. The lowest BCUT2D eigenvalue weighted by molar-refractivity contribution is -0.125. The highest BCUT2D eigenvalue weighted by Crippen LogP contribution is 2.23. The molecule has 0 aliphatic carbocycles. The summed E-state index contributed by atoms with van der Waals surface area (Å²) in [7, 11) is 0. The van der Waals surface area contributed by atoms with Crippen LogP contribution in [0.15, 0.2) is 0 Å². The van der Waals surface area contributed by atoms with Crippen LogP contribution < -0.4 is 0 Å². The largest absolute Gasteiger partial charge is 0.303 e. The van der Waals surface area contributed by atoms with Crippen LogP contribution in [0.4, 0.5) is 0 Å². The molecule has 62 valence electrons. The number of aldehydes is 1. The SMILES string of the molecule is O=CCC(=O)C1CCCSC1. The summed E-state index contributed by atoms with van der Waals surface area (Å²) < 4.78 is 0. The van der Waals surface area contributed by atoms with Gasteiger partial charge in [-0.05, 0) is 18.6 Å². The summed E-state index contributed by atoms with van der Waals surface area (Å²) in [5.41, 5.74) is 0. The minimum absolute atomic E-state index is 0.116. The molecule has 3 heteroatoms. The summed E-state index contributed by atoms with van der Waals surface area (Å²) in [4.78, 5) is 21.2. The molecule has 0 spiro atoms. The second-order valence-corrected chi connectivity index (χ2v) is 3.90. The van der Waals surface area contributed by atoms with Crippen molar-refractivity contribution in [2.75, 3.05) is 11.5 Å². The molecule has 1 rings (SSSR count). The molecule has 0 amide bonds. The van der Waals surface area contributed by atoms with Crippen LogP contribution in [0.1, 0.15) is 19.3 Å². The summed E-state index contributed by atoms with van der Waals surface area (Å²) >= 11 is 1.82. The molecule has 1 aliphatic rings. The number of hydrogen-bond acceptors (Lipinski definition) is 3. The van der Waals surface area contributed by atoms with E-state index in [1.54, 1.807) is 0 Å². The Bertz CT molecular complexity index is 150. The van der Waals surface area contributed by atoms with Crippen LogP contribution in [0.3, 0.4) is 0 Å². The Hall–Kier alpha value is -0.310. The van der Waals surface area contributed by atoms with Gasteiger partial charge >= 0.3 is 0 Å². The van der Waals surface area contributed by atoms with Crippen molar-refractivity contribution in [2.24, 2.45) is 5.92 Å². The molecule has 0 aromatic carbocycles.